The number of aryl methyl sites for hydroxylation is 1. The molecule has 0 bridgehead atoms. The number of benzene rings is 2. The van der Waals surface area contributed by atoms with Crippen molar-refractivity contribution < 1.29 is 14.0 Å². The minimum Gasteiger partial charge on any atom is -0.336 e. The fourth-order valence-corrected chi connectivity index (χ4v) is 4.18. The number of urea groups is 1. The van der Waals surface area contributed by atoms with E-state index in [0.717, 1.165) is 17.5 Å². The lowest BCUT2D eigenvalue weighted by Gasteiger charge is -2.33. The van der Waals surface area contributed by atoms with E-state index in [1.165, 1.54) is 10.5 Å². The van der Waals surface area contributed by atoms with Crippen molar-refractivity contribution in [3.63, 3.8) is 0 Å². The smallest absolute Gasteiger partial charge is 0.322 e. The minimum atomic E-state index is -1.21. The number of likely N-dealkylation sites (tertiary alicyclic amines) is 1. The van der Waals surface area contributed by atoms with E-state index in [1.807, 2.05) is 25.1 Å². The monoisotopic (exact) mass is 415 g/mol. The maximum atomic E-state index is 14.2. The number of halogens is 2. The summed E-state index contributed by atoms with van der Waals surface area (Å²) in [5.41, 5.74) is 3.75. The Kier molecular flexibility index (Phi) is 5.46. The quantitative estimate of drug-likeness (QED) is 0.800. The molecule has 0 spiro atoms. The highest BCUT2D eigenvalue weighted by molar-refractivity contribution is 6.31. The van der Waals surface area contributed by atoms with Crippen LogP contribution in [0.4, 0.5) is 14.9 Å². The third kappa shape index (κ3) is 4.08. The topological polar surface area (TPSA) is 52.7 Å². The van der Waals surface area contributed by atoms with Crippen LogP contribution in [-0.4, -0.2) is 47.0 Å². The summed E-state index contributed by atoms with van der Waals surface area (Å²) in [5, 5.41) is 3.28. The van der Waals surface area contributed by atoms with Gasteiger partial charge in [0.25, 0.3) is 0 Å². The number of carbonyl (C=O) groups is 2. The molecule has 2 atom stereocenters. The van der Waals surface area contributed by atoms with Gasteiger partial charge in [0, 0.05) is 30.2 Å². The van der Waals surface area contributed by atoms with Crippen molar-refractivity contribution in [1.82, 2.24) is 9.80 Å². The van der Waals surface area contributed by atoms with Crippen molar-refractivity contribution in [2.75, 3.05) is 18.4 Å². The molecule has 1 N–H and O–H groups in total. The van der Waals surface area contributed by atoms with Crippen LogP contribution in [0.1, 0.15) is 23.1 Å². The van der Waals surface area contributed by atoms with Crippen LogP contribution in [0.25, 0.3) is 0 Å². The Morgan fingerprint density at radius 2 is 1.93 bits per heavy atom. The molecule has 0 aromatic heterocycles. The molecule has 0 saturated carbocycles. The van der Waals surface area contributed by atoms with Crippen LogP contribution < -0.4 is 5.32 Å². The number of rotatable bonds is 2. The molecule has 3 amide bonds. The zero-order chi connectivity index (χ0) is 20.5. The molecule has 1 fully saturated rings. The normalized spacial score (nSPS) is 21.1. The van der Waals surface area contributed by atoms with Crippen LogP contribution in [0.15, 0.2) is 42.5 Å². The maximum Gasteiger partial charge on any atom is 0.322 e. The zero-order valence-electron chi connectivity index (χ0n) is 16.2. The van der Waals surface area contributed by atoms with Crippen molar-refractivity contribution in [3.8, 4) is 0 Å². The molecule has 0 radical (unpaired) electrons. The summed E-state index contributed by atoms with van der Waals surface area (Å²) in [6.07, 6.45) is -0.422. The minimum absolute atomic E-state index is 0.0268. The van der Waals surface area contributed by atoms with Crippen LogP contribution >= 0.6 is 11.6 Å². The first kappa shape index (κ1) is 19.7. The van der Waals surface area contributed by atoms with Gasteiger partial charge in [-0.05, 0) is 42.2 Å². The lowest BCUT2D eigenvalue weighted by Crippen LogP contribution is -2.50. The molecule has 5 nitrogen and oxygen atoms in total. The van der Waals surface area contributed by atoms with E-state index in [1.54, 1.807) is 23.1 Å². The Morgan fingerprint density at radius 1 is 1.17 bits per heavy atom. The predicted molar refractivity (Wildman–Crippen MR) is 111 cm³/mol. The third-order valence-corrected chi connectivity index (χ3v) is 6.07. The summed E-state index contributed by atoms with van der Waals surface area (Å²) in [5.74, 6) is -0.197. The molecule has 7 heteroatoms. The molecule has 0 aliphatic carbocycles. The van der Waals surface area contributed by atoms with Crippen LogP contribution in [0, 0.1) is 6.92 Å². The summed E-state index contributed by atoms with van der Waals surface area (Å²) in [6.45, 7) is 2.84. The van der Waals surface area contributed by atoms with Crippen molar-refractivity contribution in [1.29, 1.82) is 0 Å². The average Bonchev–Trinajstić information content (AvgIpc) is 3.11. The van der Waals surface area contributed by atoms with Crippen LogP contribution in [0.5, 0.6) is 0 Å². The number of carbonyl (C=O) groups excluding carboxylic acids is 2. The third-order valence-electron chi connectivity index (χ3n) is 5.66. The molecule has 152 valence electrons. The SMILES string of the molecule is Cc1ccc(NC(=O)N2C[C@@H](F)C[C@H]2C(=O)N2CCc3ccccc3C2)cc1Cl. The van der Waals surface area contributed by atoms with Gasteiger partial charge in [-0.15, -0.1) is 0 Å². The molecule has 4 rings (SSSR count). The molecule has 1 saturated heterocycles. The van der Waals surface area contributed by atoms with Gasteiger partial charge in [0.2, 0.25) is 5.91 Å². The number of fused-ring (bicyclic) bond motifs is 1. The largest absolute Gasteiger partial charge is 0.336 e. The number of anilines is 1. The lowest BCUT2D eigenvalue weighted by atomic mass is 9.99. The molecule has 2 aliphatic heterocycles. The highest BCUT2D eigenvalue weighted by atomic mass is 35.5. The van der Waals surface area contributed by atoms with Crippen LogP contribution in [0.3, 0.4) is 0 Å². The van der Waals surface area contributed by atoms with E-state index in [2.05, 4.69) is 11.4 Å². The summed E-state index contributed by atoms with van der Waals surface area (Å²) in [4.78, 5) is 29.0. The van der Waals surface area contributed by atoms with Crippen molar-refractivity contribution in [2.45, 2.75) is 38.5 Å². The number of amides is 3. The van der Waals surface area contributed by atoms with Gasteiger partial charge in [-0.3, -0.25) is 4.79 Å². The second kappa shape index (κ2) is 8.03. The standard InChI is InChI=1S/C22H23ClFN3O2/c1-14-6-7-18(11-19(14)23)25-22(29)27-13-17(24)10-20(27)21(28)26-9-8-15-4-2-3-5-16(15)12-26/h2-7,11,17,20H,8-10,12-13H2,1H3,(H,25,29)/t17-,20-/m0/s1. The molecule has 2 aliphatic rings. The highest BCUT2D eigenvalue weighted by Crippen LogP contribution is 2.27. The Morgan fingerprint density at radius 3 is 2.69 bits per heavy atom. The molecule has 2 aromatic rings. The van der Waals surface area contributed by atoms with E-state index in [0.29, 0.717) is 23.8 Å². The second-order valence-corrected chi connectivity index (χ2v) is 8.08. The van der Waals surface area contributed by atoms with Gasteiger partial charge in [-0.25, -0.2) is 9.18 Å². The summed E-state index contributed by atoms with van der Waals surface area (Å²) in [6, 6.07) is 11.9. The highest BCUT2D eigenvalue weighted by Gasteiger charge is 2.42. The van der Waals surface area contributed by atoms with Crippen LogP contribution in [0.2, 0.25) is 5.02 Å². The first-order valence-electron chi connectivity index (χ1n) is 9.76. The Balaban J connectivity index is 1.48. The molecule has 0 unspecified atom stereocenters. The molecular weight excluding hydrogens is 393 g/mol. The Labute approximate surface area is 174 Å². The predicted octanol–water partition coefficient (Wildman–Crippen LogP) is 4.18. The van der Waals surface area contributed by atoms with E-state index in [9.17, 15) is 14.0 Å². The number of hydrogen-bond acceptors (Lipinski definition) is 2. The molecule has 2 aromatic carbocycles. The number of nitrogens with one attached hydrogen (secondary N) is 1. The summed E-state index contributed by atoms with van der Waals surface area (Å²) in [7, 11) is 0. The van der Waals surface area contributed by atoms with Crippen molar-refractivity contribution >= 4 is 29.2 Å². The van der Waals surface area contributed by atoms with Gasteiger partial charge in [-0.1, -0.05) is 41.9 Å². The van der Waals surface area contributed by atoms with Crippen molar-refractivity contribution in [3.05, 3.63) is 64.2 Å². The number of nitrogens with zero attached hydrogens (tertiary/aromatic N) is 2. The number of hydrogen-bond donors (Lipinski definition) is 1. The first-order chi connectivity index (χ1) is 13.9. The van der Waals surface area contributed by atoms with Gasteiger partial charge >= 0.3 is 6.03 Å². The van der Waals surface area contributed by atoms with Gasteiger partial charge in [-0.2, -0.15) is 0 Å². The van der Waals surface area contributed by atoms with Gasteiger partial charge in [0.15, 0.2) is 0 Å². The molecule has 2 heterocycles. The zero-order valence-corrected chi connectivity index (χ0v) is 17.0. The Bertz CT molecular complexity index is 951. The average molecular weight is 416 g/mol. The van der Waals surface area contributed by atoms with E-state index in [-0.39, 0.29) is 18.9 Å². The summed E-state index contributed by atoms with van der Waals surface area (Å²) < 4.78 is 14.2. The second-order valence-electron chi connectivity index (χ2n) is 7.67. The Hall–Kier alpha value is -2.60. The van der Waals surface area contributed by atoms with E-state index in [4.69, 9.17) is 11.6 Å². The van der Waals surface area contributed by atoms with Gasteiger partial charge in [0.05, 0.1) is 6.54 Å². The number of alkyl halides is 1. The lowest BCUT2D eigenvalue weighted by molar-refractivity contribution is -0.136. The summed E-state index contributed by atoms with van der Waals surface area (Å²) >= 11 is 6.12. The van der Waals surface area contributed by atoms with Crippen molar-refractivity contribution in [2.24, 2.45) is 0 Å². The van der Waals surface area contributed by atoms with Gasteiger partial charge in [0.1, 0.15) is 12.2 Å². The van der Waals surface area contributed by atoms with E-state index < -0.39 is 18.2 Å². The maximum absolute atomic E-state index is 14.2. The van der Waals surface area contributed by atoms with Crippen LogP contribution in [-0.2, 0) is 17.8 Å². The molecule has 29 heavy (non-hydrogen) atoms. The fraction of sp³-hybridized carbons (Fsp3) is 0.364. The first-order valence-corrected chi connectivity index (χ1v) is 10.1. The van der Waals surface area contributed by atoms with E-state index >= 15 is 0 Å². The van der Waals surface area contributed by atoms with Gasteiger partial charge < -0.3 is 15.1 Å². The molecular formula is C22H23ClFN3O2. The fourth-order valence-electron chi connectivity index (χ4n) is 4.00.